The predicted molar refractivity (Wildman–Crippen MR) is 300 cm³/mol. The second-order valence-corrected chi connectivity index (χ2v) is 27.7. The SMILES string of the molecule is CCCC(=O)[O-].C[C@H](CC[C@@]1(O)O[C@H]2C[C@H]3[C@@H]4CC=C5C[C@@H](O[C@@H]6O[C@H](CO)[C@@H](O[C@@H]7O[C@@H](C)[C@H](O[C@@H]8O[C@@H](C)[C@H](O)[C@@H](O)[C@H]8O)[C@@H](O)[C@H]7O)[C@H](O)[C@H]6O[C@@H]6O[C@@H](C)[C@H](O)[C@@H](O)[C@H]6O)CC[C@]5(C)[C@H]4CC[C@]3(C)[C@H]2[C@@H]1C)CO[C@@H]1O[C@H](CO)[C@@H](O)[C@H](O)[C@H]1O.[Na+]. The monoisotopic (exact) mass is 1300 g/mol. The van der Waals surface area contributed by atoms with E-state index in [-0.39, 0.29) is 77.3 Å². The Labute approximate surface area is 546 Å². The van der Waals surface area contributed by atoms with E-state index < -0.39 is 185 Å². The quantitative estimate of drug-likeness (QED) is 0.0448. The van der Waals surface area contributed by atoms with Crippen molar-refractivity contribution < 1.29 is 168 Å². The van der Waals surface area contributed by atoms with E-state index in [9.17, 15) is 86.5 Å². The zero-order chi connectivity index (χ0) is 65.1. The molecule has 0 spiro atoms. The third-order valence-electron chi connectivity index (χ3n) is 22.0. The van der Waals surface area contributed by atoms with Crippen LogP contribution >= 0.6 is 0 Å². The molecule has 90 heavy (non-hydrogen) atoms. The number of hydrogen-bond acceptors (Lipinski definition) is 28. The van der Waals surface area contributed by atoms with Gasteiger partial charge in [-0.1, -0.05) is 52.7 Å². The van der Waals surface area contributed by atoms with Gasteiger partial charge in [0, 0.05) is 18.3 Å². The summed E-state index contributed by atoms with van der Waals surface area (Å²) in [6.45, 7) is 13.8. The smallest absolute Gasteiger partial charge is 0.550 e. The molecule has 10 aliphatic rings. The number of aliphatic hydroxyl groups is 15. The molecule has 6 saturated heterocycles. The minimum Gasteiger partial charge on any atom is -0.550 e. The van der Waals surface area contributed by atoms with E-state index >= 15 is 0 Å². The normalized spacial score (nSPS) is 52.1. The van der Waals surface area contributed by atoms with Gasteiger partial charge in [0.2, 0.25) is 0 Å². The van der Waals surface area contributed by atoms with Crippen molar-refractivity contribution >= 4 is 5.97 Å². The molecular formula is C61H101NaO28. The Hall–Kier alpha value is -0.830. The average molecular weight is 1310 g/mol. The molecule has 0 aromatic carbocycles. The van der Waals surface area contributed by atoms with Crippen molar-refractivity contribution in [2.45, 2.75) is 298 Å². The molecule has 28 nitrogen and oxygen atoms in total. The van der Waals surface area contributed by atoms with Crippen LogP contribution in [0.2, 0.25) is 0 Å². The van der Waals surface area contributed by atoms with Crippen molar-refractivity contribution in [2.75, 3.05) is 19.8 Å². The van der Waals surface area contributed by atoms with Crippen molar-refractivity contribution in [3.05, 3.63) is 11.6 Å². The molecule has 0 radical (unpaired) electrons. The maximum absolute atomic E-state index is 12.3. The average Bonchev–Trinajstić information content (AvgIpc) is 1.48. The fourth-order valence-corrected chi connectivity index (χ4v) is 16.6. The summed E-state index contributed by atoms with van der Waals surface area (Å²) < 4.78 is 66.7. The summed E-state index contributed by atoms with van der Waals surface area (Å²) in [7, 11) is 0. The maximum Gasteiger partial charge on any atom is 1.00 e. The van der Waals surface area contributed by atoms with Crippen LogP contribution in [-0.4, -0.2) is 274 Å². The zero-order valence-electron chi connectivity index (χ0n) is 53.0. The number of aliphatic carboxylic acids is 1. The number of carboxylic acid groups (broad SMARTS) is 1. The third-order valence-corrected chi connectivity index (χ3v) is 22.0. The van der Waals surface area contributed by atoms with Gasteiger partial charge >= 0.3 is 29.6 Å². The van der Waals surface area contributed by atoms with Crippen molar-refractivity contribution in [3.63, 3.8) is 0 Å². The van der Waals surface area contributed by atoms with Crippen molar-refractivity contribution in [2.24, 2.45) is 46.3 Å². The van der Waals surface area contributed by atoms with Crippen LogP contribution < -0.4 is 34.7 Å². The van der Waals surface area contributed by atoms with Crippen LogP contribution in [-0.2, 0) is 56.9 Å². The van der Waals surface area contributed by atoms with E-state index in [1.165, 1.54) is 26.3 Å². The molecule has 3 saturated carbocycles. The molecule has 36 atom stereocenters. The molecule has 6 aliphatic heterocycles. The number of hydrogen-bond donors (Lipinski definition) is 15. The molecule has 10 rings (SSSR count). The van der Waals surface area contributed by atoms with Crippen LogP contribution in [0.1, 0.15) is 126 Å². The molecule has 0 unspecified atom stereocenters. The molecule has 15 N–H and O–H groups in total. The van der Waals surface area contributed by atoms with E-state index in [0.717, 1.165) is 32.1 Å². The minimum atomic E-state index is -1.88. The van der Waals surface area contributed by atoms with Crippen LogP contribution in [0.15, 0.2) is 11.6 Å². The van der Waals surface area contributed by atoms with Gasteiger partial charge in [0.25, 0.3) is 0 Å². The molecule has 0 bridgehead atoms. The van der Waals surface area contributed by atoms with Crippen LogP contribution in [0.25, 0.3) is 0 Å². The van der Waals surface area contributed by atoms with Gasteiger partial charge < -0.3 is 139 Å². The first-order valence-corrected chi connectivity index (χ1v) is 32.1. The number of carbonyl (C=O) groups is 1. The summed E-state index contributed by atoms with van der Waals surface area (Å²) in [6.07, 6.45) is -28.4. The van der Waals surface area contributed by atoms with E-state index in [4.69, 9.17) is 52.1 Å². The number of aliphatic hydroxyl groups excluding tert-OH is 14. The molecular weight excluding hydrogens is 1200 g/mol. The van der Waals surface area contributed by atoms with Gasteiger partial charge in [-0.3, -0.25) is 0 Å². The van der Waals surface area contributed by atoms with Gasteiger partial charge in [-0.15, -0.1) is 0 Å². The first-order chi connectivity index (χ1) is 41.9. The summed E-state index contributed by atoms with van der Waals surface area (Å²) >= 11 is 0. The van der Waals surface area contributed by atoms with E-state index in [1.54, 1.807) is 6.92 Å². The van der Waals surface area contributed by atoms with Gasteiger partial charge in [-0.05, 0) is 119 Å². The zero-order valence-corrected chi connectivity index (χ0v) is 55.0. The fraction of sp³-hybridized carbons (Fsp3) is 0.951. The van der Waals surface area contributed by atoms with Crippen LogP contribution in [0, 0.1) is 46.3 Å². The summed E-state index contributed by atoms with van der Waals surface area (Å²) in [5, 5.41) is 171. The van der Waals surface area contributed by atoms with Gasteiger partial charge in [0.15, 0.2) is 37.2 Å². The second-order valence-electron chi connectivity index (χ2n) is 27.7. The molecule has 6 heterocycles. The Morgan fingerprint density at radius 1 is 0.633 bits per heavy atom. The molecule has 0 amide bonds. The standard InChI is InChI=1S/C57H94O26.C4H8O2.Na/c1-21(20-73-50-42(67)40(65)37(62)32(18-58)78-50)10-15-57(72)22(2)34-31(83-57)17-30-28-9-8-26-16-27(11-13-55(26,6)29(28)12-14-56(30,34)7)77-54-49(82-52-44(69)39(64)36(61)24(4)75-52)46(71)48(33(19-59)79-54)81-53-45(70)41(66)47(25(5)76-53)80-51-43(68)38(63)35(60)23(3)74-51;1-2-3-4(5)6;/h8,21-25,27-54,58-72H,9-20H2,1-7H3;2-3H2,1H3,(H,5,6);/q;;+1/p-1/t21-,22+,23+,24+,25+,27+,28-,29+,30+,31+,32-,33-,34+,35+,36+,37-,38-,39-,40+,41+,42-,43-,44-,45-,46+,47+,48-,49-,50-,51+,52+,53+,54-,55+,56+,57-;;/m1../s1. The van der Waals surface area contributed by atoms with Gasteiger partial charge in [0.1, 0.15) is 104 Å². The topological polar surface area (TPSA) is 445 Å². The number of ether oxygens (including phenoxy) is 11. The summed E-state index contributed by atoms with van der Waals surface area (Å²) in [4.78, 5) is 9.49. The van der Waals surface area contributed by atoms with Gasteiger partial charge in [0.05, 0.1) is 50.3 Å². The Bertz CT molecular complexity index is 2350. The summed E-state index contributed by atoms with van der Waals surface area (Å²) in [6, 6.07) is 0. The summed E-state index contributed by atoms with van der Waals surface area (Å²) in [5.74, 6) is -1.37. The number of allylic oxidation sites excluding steroid dienone is 1. The Morgan fingerprint density at radius 3 is 1.76 bits per heavy atom. The Kier molecular flexibility index (Phi) is 25.4. The van der Waals surface area contributed by atoms with E-state index in [1.807, 2.05) is 6.92 Å². The van der Waals surface area contributed by atoms with Crippen molar-refractivity contribution in [3.8, 4) is 0 Å². The van der Waals surface area contributed by atoms with Gasteiger partial charge in [-0.25, -0.2) is 0 Å². The second kappa shape index (κ2) is 30.5. The number of carbonyl (C=O) groups excluding carboxylic acids is 1. The number of fused-ring (bicyclic) bond motifs is 7. The van der Waals surface area contributed by atoms with Gasteiger partial charge in [-0.2, -0.15) is 0 Å². The van der Waals surface area contributed by atoms with Crippen molar-refractivity contribution in [1.29, 1.82) is 0 Å². The van der Waals surface area contributed by atoms with E-state index in [2.05, 4.69) is 26.8 Å². The number of rotatable bonds is 18. The maximum atomic E-state index is 12.3. The number of carboxylic acids is 1. The molecule has 514 valence electrons. The first kappa shape index (κ1) is 75.0. The van der Waals surface area contributed by atoms with Crippen LogP contribution in [0.4, 0.5) is 0 Å². The third kappa shape index (κ3) is 14.8. The molecule has 0 aromatic heterocycles. The Balaban J connectivity index is 0.00000142. The largest absolute Gasteiger partial charge is 1.00 e. The van der Waals surface area contributed by atoms with Crippen LogP contribution in [0.3, 0.4) is 0 Å². The molecule has 4 aliphatic carbocycles. The molecule has 0 aromatic rings. The minimum absolute atomic E-state index is 0. The van der Waals surface area contributed by atoms with Crippen LogP contribution in [0.5, 0.6) is 0 Å². The Morgan fingerprint density at radius 2 is 1.18 bits per heavy atom. The molecule has 9 fully saturated rings. The van der Waals surface area contributed by atoms with Crippen molar-refractivity contribution in [1.82, 2.24) is 0 Å². The summed E-state index contributed by atoms with van der Waals surface area (Å²) in [5.41, 5.74) is 0.970. The predicted octanol–water partition coefficient (Wildman–Crippen LogP) is -6.59. The first-order valence-electron chi connectivity index (χ1n) is 32.1. The van der Waals surface area contributed by atoms with E-state index in [0.29, 0.717) is 49.9 Å². The fourth-order valence-electron chi connectivity index (χ4n) is 16.6. The molecule has 29 heteroatoms.